The number of rotatable bonds is 4. The molecule has 0 saturated heterocycles. The van der Waals surface area contributed by atoms with Gasteiger partial charge in [-0.2, -0.15) is 13.2 Å². The molecule has 0 amide bonds. The molecule has 0 fully saturated rings. The second-order valence-corrected chi connectivity index (χ2v) is 5.44. The molecule has 0 aromatic heterocycles. The maximum atomic E-state index is 12.8. The zero-order valence-corrected chi connectivity index (χ0v) is 13.2. The molecule has 9 heteroatoms. The fourth-order valence-corrected chi connectivity index (χ4v) is 2.26. The lowest BCUT2D eigenvalue weighted by molar-refractivity contribution is -0.137. The van der Waals surface area contributed by atoms with Crippen LogP contribution in [0.3, 0.4) is 0 Å². The first-order chi connectivity index (χ1) is 10.8. The van der Waals surface area contributed by atoms with Gasteiger partial charge >= 0.3 is 6.18 Å². The van der Waals surface area contributed by atoms with E-state index in [0.29, 0.717) is 11.3 Å². The van der Waals surface area contributed by atoms with E-state index in [2.05, 4.69) is 31.9 Å². The summed E-state index contributed by atoms with van der Waals surface area (Å²) >= 11 is 3.30. The summed E-state index contributed by atoms with van der Waals surface area (Å²) < 4.78 is 39.1. The van der Waals surface area contributed by atoms with Crippen molar-refractivity contribution in [3.8, 4) is 0 Å². The average Bonchev–Trinajstić information content (AvgIpc) is 2.49. The first kappa shape index (κ1) is 17.1. The molecule has 0 aliphatic rings. The maximum absolute atomic E-state index is 12.8. The molecule has 0 saturated carbocycles. The van der Waals surface area contributed by atoms with E-state index < -0.39 is 11.7 Å². The highest BCUT2D eigenvalue weighted by atomic mass is 79.9. The molecule has 0 spiro atoms. The molecule has 0 bridgehead atoms. The van der Waals surface area contributed by atoms with E-state index in [9.17, 15) is 13.2 Å². The molecule has 23 heavy (non-hydrogen) atoms. The van der Waals surface area contributed by atoms with Crippen molar-refractivity contribution in [1.29, 1.82) is 0 Å². The van der Waals surface area contributed by atoms with E-state index in [1.54, 1.807) is 18.2 Å². The summed E-state index contributed by atoms with van der Waals surface area (Å²) in [5.74, 6) is 5.19. The second kappa shape index (κ2) is 6.88. The van der Waals surface area contributed by atoms with Crippen LogP contribution in [0.4, 0.5) is 24.5 Å². The molecule has 2 aromatic rings. The third-order valence-corrected chi connectivity index (χ3v) is 3.40. The number of alkyl halides is 3. The summed E-state index contributed by atoms with van der Waals surface area (Å²) in [5.41, 5.74) is 8.37. The van der Waals surface area contributed by atoms with Crippen LogP contribution in [0, 0.1) is 0 Å². The van der Waals surface area contributed by atoms with Gasteiger partial charge in [-0.15, -0.1) is 5.10 Å². The van der Waals surface area contributed by atoms with Gasteiger partial charge in [0.2, 0.25) is 0 Å². The summed E-state index contributed by atoms with van der Waals surface area (Å²) in [5, 5.41) is 6.58. The smallest absolute Gasteiger partial charge is 0.382 e. The van der Waals surface area contributed by atoms with Gasteiger partial charge < -0.3 is 11.1 Å². The predicted octanol–water partition coefficient (Wildman–Crippen LogP) is 3.30. The standard InChI is InChI=1S/C14H13BrF3N5/c15-9-4-5-12(11(7-9)13(19)22-23-20)21-10-3-1-2-8(6-10)14(16,17)18/h1-7,21,23H,20H2,(H2,19,22). The van der Waals surface area contributed by atoms with Gasteiger partial charge in [0.25, 0.3) is 0 Å². The fraction of sp³-hybridized carbons (Fsp3) is 0.0714. The van der Waals surface area contributed by atoms with Crippen molar-refractivity contribution in [2.45, 2.75) is 6.18 Å². The van der Waals surface area contributed by atoms with E-state index in [0.717, 1.165) is 16.6 Å². The van der Waals surface area contributed by atoms with Gasteiger partial charge in [0.1, 0.15) is 0 Å². The number of hydrazone groups is 1. The van der Waals surface area contributed by atoms with Crippen LogP contribution in [-0.2, 0) is 6.18 Å². The normalized spacial score (nSPS) is 12.1. The second-order valence-electron chi connectivity index (χ2n) is 4.52. The topological polar surface area (TPSA) is 88.5 Å². The minimum atomic E-state index is -4.41. The Hall–Kier alpha value is -2.26. The largest absolute Gasteiger partial charge is 0.416 e. The van der Waals surface area contributed by atoms with E-state index >= 15 is 0 Å². The third-order valence-electron chi connectivity index (χ3n) is 2.91. The molecule has 0 aliphatic heterocycles. The maximum Gasteiger partial charge on any atom is 0.416 e. The van der Waals surface area contributed by atoms with Gasteiger partial charge in [0.05, 0.1) is 5.56 Å². The molecule has 0 atom stereocenters. The van der Waals surface area contributed by atoms with Gasteiger partial charge in [-0.1, -0.05) is 22.0 Å². The highest BCUT2D eigenvalue weighted by molar-refractivity contribution is 9.10. The van der Waals surface area contributed by atoms with Crippen LogP contribution < -0.4 is 22.4 Å². The lowest BCUT2D eigenvalue weighted by Gasteiger charge is -2.14. The average molecular weight is 388 g/mol. The van der Waals surface area contributed by atoms with Crippen LogP contribution in [0.5, 0.6) is 0 Å². The van der Waals surface area contributed by atoms with E-state index in [4.69, 9.17) is 11.6 Å². The monoisotopic (exact) mass is 387 g/mol. The number of hydrazine groups is 1. The van der Waals surface area contributed by atoms with Crippen LogP contribution in [0.2, 0.25) is 0 Å². The Morgan fingerprint density at radius 1 is 1.13 bits per heavy atom. The Bertz CT molecular complexity index is 731. The first-order valence-electron chi connectivity index (χ1n) is 6.34. The first-order valence-corrected chi connectivity index (χ1v) is 7.13. The third kappa shape index (κ3) is 4.36. The summed E-state index contributed by atoms with van der Waals surface area (Å²) in [6.07, 6.45) is -4.41. The number of amidine groups is 1. The summed E-state index contributed by atoms with van der Waals surface area (Å²) in [6.45, 7) is 0. The lowest BCUT2D eigenvalue weighted by atomic mass is 10.1. The Labute approximate surface area is 138 Å². The van der Waals surface area contributed by atoms with Crippen LogP contribution in [0.15, 0.2) is 52.0 Å². The van der Waals surface area contributed by atoms with Crippen molar-refractivity contribution in [3.05, 3.63) is 58.1 Å². The SMILES string of the molecule is NN/N=C(\N)c1cc(Br)ccc1Nc1cccc(C(F)(F)F)c1. The summed E-state index contributed by atoms with van der Waals surface area (Å²) in [7, 11) is 0. The van der Waals surface area contributed by atoms with Crippen LogP contribution in [0.1, 0.15) is 11.1 Å². The Balaban J connectivity index is 2.39. The van der Waals surface area contributed by atoms with Crippen LogP contribution in [0.25, 0.3) is 0 Å². The molecular weight excluding hydrogens is 375 g/mol. The molecular formula is C14H13BrF3N5. The molecule has 2 aromatic carbocycles. The van der Waals surface area contributed by atoms with Crippen molar-refractivity contribution < 1.29 is 13.2 Å². The minimum Gasteiger partial charge on any atom is -0.382 e. The van der Waals surface area contributed by atoms with E-state index in [1.807, 2.05) is 0 Å². The Morgan fingerprint density at radius 3 is 2.52 bits per heavy atom. The van der Waals surface area contributed by atoms with E-state index in [1.165, 1.54) is 12.1 Å². The van der Waals surface area contributed by atoms with Gasteiger partial charge in [-0.25, -0.2) is 11.4 Å². The summed E-state index contributed by atoms with van der Waals surface area (Å²) in [6, 6.07) is 9.92. The number of halogens is 4. The fourth-order valence-electron chi connectivity index (χ4n) is 1.90. The minimum absolute atomic E-state index is 0.0864. The quantitative estimate of drug-likeness (QED) is 0.280. The zero-order chi connectivity index (χ0) is 17.0. The van der Waals surface area contributed by atoms with Gasteiger partial charge in [0.15, 0.2) is 5.84 Å². The van der Waals surface area contributed by atoms with Gasteiger partial charge in [-0.05, 0) is 36.4 Å². The molecule has 0 radical (unpaired) electrons. The highest BCUT2D eigenvalue weighted by Gasteiger charge is 2.30. The van der Waals surface area contributed by atoms with Gasteiger partial charge in [0, 0.05) is 21.4 Å². The molecule has 0 aliphatic carbocycles. The number of nitrogens with zero attached hydrogens (tertiary/aromatic N) is 1. The van der Waals surface area contributed by atoms with Crippen molar-refractivity contribution in [3.63, 3.8) is 0 Å². The lowest BCUT2D eigenvalue weighted by Crippen LogP contribution is -2.23. The van der Waals surface area contributed by atoms with Crippen molar-refractivity contribution in [2.75, 3.05) is 5.32 Å². The number of nitrogens with one attached hydrogen (secondary N) is 2. The van der Waals surface area contributed by atoms with Crippen LogP contribution >= 0.6 is 15.9 Å². The number of hydrogen-bond donors (Lipinski definition) is 4. The van der Waals surface area contributed by atoms with Gasteiger partial charge in [-0.3, -0.25) is 0 Å². The number of nitrogens with two attached hydrogens (primary N) is 2. The van der Waals surface area contributed by atoms with Crippen molar-refractivity contribution in [2.24, 2.45) is 16.7 Å². The van der Waals surface area contributed by atoms with Crippen molar-refractivity contribution in [1.82, 2.24) is 5.53 Å². The molecule has 0 heterocycles. The van der Waals surface area contributed by atoms with Crippen molar-refractivity contribution >= 4 is 33.1 Å². The molecule has 5 nitrogen and oxygen atoms in total. The zero-order valence-electron chi connectivity index (χ0n) is 11.7. The van der Waals surface area contributed by atoms with E-state index in [-0.39, 0.29) is 11.5 Å². The number of benzene rings is 2. The predicted molar refractivity (Wildman–Crippen MR) is 86.9 cm³/mol. The number of hydrogen-bond acceptors (Lipinski definition) is 4. The van der Waals surface area contributed by atoms with Crippen LogP contribution in [-0.4, -0.2) is 5.84 Å². The molecule has 2 rings (SSSR count). The molecule has 122 valence electrons. The summed E-state index contributed by atoms with van der Waals surface area (Å²) in [4.78, 5) is 0. The molecule has 0 unspecified atom stereocenters. The highest BCUT2D eigenvalue weighted by Crippen LogP contribution is 2.32. The Morgan fingerprint density at radius 2 is 1.87 bits per heavy atom. The molecule has 6 N–H and O–H groups in total. The number of anilines is 2. The Kier molecular flexibility index (Phi) is 5.12.